The first-order valence-corrected chi connectivity index (χ1v) is 6.38. The van der Waals surface area contributed by atoms with Crippen molar-refractivity contribution in [3.63, 3.8) is 0 Å². The van der Waals surface area contributed by atoms with Crippen molar-refractivity contribution < 1.29 is 13.5 Å². The predicted octanol–water partition coefficient (Wildman–Crippen LogP) is 3.66. The van der Waals surface area contributed by atoms with Gasteiger partial charge in [0.25, 0.3) is 0 Å². The number of nitrogens with two attached hydrogens (primary N) is 1. The lowest BCUT2D eigenvalue weighted by Gasteiger charge is -2.16. The second-order valence-electron chi connectivity index (χ2n) is 4.85. The molecule has 2 nitrogen and oxygen atoms in total. The van der Waals surface area contributed by atoms with Crippen LogP contribution in [-0.4, -0.2) is 6.61 Å². The summed E-state index contributed by atoms with van der Waals surface area (Å²) in [4.78, 5) is 0. The van der Waals surface area contributed by atoms with Crippen molar-refractivity contribution in [3.8, 4) is 5.75 Å². The Morgan fingerprint density at radius 2 is 1.85 bits per heavy atom. The van der Waals surface area contributed by atoms with Crippen molar-refractivity contribution in [1.82, 2.24) is 0 Å². The van der Waals surface area contributed by atoms with Crippen LogP contribution >= 0.6 is 0 Å². The summed E-state index contributed by atoms with van der Waals surface area (Å²) < 4.78 is 31.5. The molecule has 0 aliphatic rings. The van der Waals surface area contributed by atoms with Crippen molar-refractivity contribution in [2.24, 2.45) is 5.73 Å². The van der Waals surface area contributed by atoms with Crippen LogP contribution in [0.1, 0.15) is 22.7 Å². The molecule has 0 amide bonds. The Morgan fingerprint density at radius 3 is 2.50 bits per heavy atom. The van der Waals surface area contributed by atoms with Gasteiger partial charge in [0.15, 0.2) is 11.6 Å². The fourth-order valence-electron chi connectivity index (χ4n) is 2.10. The van der Waals surface area contributed by atoms with Gasteiger partial charge >= 0.3 is 0 Å². The summed E-state index contributed by atoms with van der Waals surface area (Å²) in [5.41, 5.74) is 9.24. The van der Waals surface area contributed by atoms with E-state index in [4.69, 9.17) is 10.5 Å². The molecule has 0 heterocycles. The molecule has 4 heteroatoms. The molecule has 20 heavy (non-hydrogen) atoms. The lowest BCUT2D eigenvalue weighted by molar-refractivity contribution is 0.276. The second kappa shape index (κ2) is 6.01. The van der Waals surface area contributed by atoms with Crippen LogP contribution in [0, 0.1) is 25.5 Å². The third-order valence-electron chi connectivity index (χ3n) is 3.14. The van der Waals surface area contributed by atoms with Crippen LogP contribution in [0.2, 0.25) is 0 Å². The third kappa shape index (κ3) is 3.33. The normalized spacial score (nSPS) is 12.2. The number of aryl methyl sites for hydroxylation is 2. The number of ether oxygens (including phenoxy) is 1. The first-order valence-electron chi connectivity index (χ1n) is 6.38. The van der Waals surface area contributed by atoms with Crippen LogP contribution < -0.4 is 10.5 Å². The lowest BCUT2D eigenvalue weighted by Crippen LogP contribution is -2.20. The number of benzene rings is 2. The zero-order chi connectivity index (χ0) is 14.7. The maximum absolute atomic E-state index is 13.4. The van der Waals surface area contributed by atoms with E-state index in [1.54, 1.807) is 0 Å². The molecule has 0 aliphatic heterocycles. The first-order chi connectivity index (χ1) is 9.47. The molecule has 0 spiro atoms. The Bertz CT molecular complexity index is 613. The van der Waals surface area contributed by atoms with Gasteiger partial charge in [-0.1, -0.05) is 23.8 Å². The van der Waals surface area contributed by atoms with Gasteiger partial charge in [0.05, 0.1) is 6.04 Å². The lowest BCUT2D eigenvalue weighted by atomic mass is 10.0. The molecule has 0 fully saturated rings. The average Bonchev–Trinajstić information content (AvgIpc) is 2.37. The predicted molar refractivity (Wildman–Crippen MR) is 74.7 cm³/mol. The average molecular weight is 277 g/mol. The van der Waals surface area contributed by atoms with Crippen LogP contribution in [-0.2, 0) is 0 Å². The molecule has 2 aromatic carbocycles. The van der Waals surface area contributed by atoms with Gasteiger partial charge in [-0.3, -0.25) is 0 Å². The molecule has 2 aromatic rings. The zero-order valence-electron chi connectivity index (χ0n) is 11.5. The maximum atomic E-state index is 13.4. The van der Waals surface area contributed by atoms with Crippen LogP contribution in [0.15, 0.2) is 36.4 Å². The second-order valence-corrected chi connectivity index (χ2v) is 4.85. The molecule has 106 valence electrons. The minimum Gasteiger partial charge on any atom is -0.489 e. The van der Waals surface area contributed by atoms with Gasteiger partial charge in [-0.2, -0.15) is 0 Å². The summed E-state index contributed by atoms with van der Waals surface area (Å²) in [6.07, 6.45) is 0. The van der Waals surface area contributed by atoms with E-state index >= 15 is 0 Å². The molecule has 1 unspecified atom stereocenters. The highest BCUT2D eigenvalue weighted by Crippen LogP contribution is 2.21. The van der Waals surface area contributed by atoms with Gasteiger partial charge in [-0.15, -0.1) is 0 Å². The Labute approximate surface area is 117 Å². The molecule has 2 N–H and O–H groups in total. The van der Waals surface area contributed by atoms with Crippen LogP contribution in [0.3, 0.4) is 0 Å². The SMILES string of the molecule is Cc1ccc(C(N)COc2ccc(F)cc2F)c(C)c1. The van der Waals surface area contributed by atoms with Crippen LogP contribution in [0.5, 0.6) is 5.75 Å². The molecule has 0 aromatic heterocycles. The van der Waals surface area contributed by atoms with E-state index in [0.717, 1.165) is 28.8 Å². The molecular formula is C16H17F2NO. The van der Waals surface area contributed by atoms with E-state index in [-0.39, 0.29) is 18.4 Å². The largest absolute Gasteiger partial charge is 0.489 e. The molecular weight excluding hydrogens is 260 g/mol. The molecule has 0 radical (unpaired) electrons. The smallest absolute Gasteiger partial charge is 0.167 e. The molecule has 1 atom stereocenters. The summed E-state index contributed by atoms with van der Waals surface area (Å²) in [5.74, 6) is -1.35. The van der Waals surface area contributed by atoms with Crippen molar-refractivity contribution >= 4 is 0 Å². The van der Waals surface area contributed by atoms with E-state index in [0.29, 0.717) is 0 Å². The monoisotopic (exact) mass is 277 g/mol. The first kappa shape index (κ1) is 14.5. The highest BCUT2D eigenvalue weighted by atomic mass is 19.1. The van der Waals surface area contributed by atoms with E-state index in [1.165, 1.54) is 6.07 Å². The zero-order valence-corrected chi connectivity index (χ0v) is 11.5. The van der Waals surface area contributed by atoms with Gasteiger partial charge in [-0.05, 0) is 37.1 Å². The van der Waals surface area contributed by atoms with Crippen LogP contribution in [0.25, 0.3) is 0 Å². The molecule has 0 saturated heterocycles. The molecule has 0 bridgehead atoms. The fourth-order valence-corrected chi connectivity index (χ4v) is 2.10. The number of hydrogen-bond acceptors (Lipinski definition) is 2. The van der Waals surface area contributed by atoms with Gasteiger partial charge in [0.1, 0.15) is 12.4 Å². The summed E-state index contributed by atoms with van der Waals surface area (Å²) >= 11 is 0. The summed E-state index contributed by atoms with van der Waals surface area (Å²) in [7, 11) is 0. The van der Waals surface area contributed by atoms with Crippen LogP contribution in [0.4, 0.5) is 8.78 Å². The number of halogens is 2. The minimum atomic E-state index is -0.724. The topological polar surface area (TPSA) is 35.2 Å². The Morgan fingerprint density at radius 1 is 1.10 bits per heavy atom. The van der Waals surface area contributed by atoms with Crippen molar-refractivity contribution in [1.29, 1.82) is 0 Å². The van der Waals surface area contributed by atoms with E-state index < -0.39 is 11.6 Å². The highest BCUT2D eigenvalue weighted by molar-refractivity contribution is 5.33. The third-order valence-corrected chi connectivity index (χ3v) is 3.14. The maximum Gasteiger partial charge on any atom is 0.167 e. The standard InChI is InChI=1S/C16H17F2NO/c1-10-3-5-13(11(2)7-10)15(19)9-20-16-6-4-12(17)8-14(16)18/h3-8,15H,9,19H2,1-2H3. The van der Waals surface area contributed by atoms with Gasteiger partial charge in [0.2, 0.25) is 0 Å². The van der Waals surface area contributed by atoms with Gasteiger partial charge < -0.3 is 10.5 Å². The van der Waals surface area contributed by atoms with Crippen molar-refractivity contribution in [2.75, 3.05) is 6.61 Å². The van der Waals surface area contributed by atoms with Crippen molar-refractivity contribution in [2.45, 2.75) is 19.9 Å². The Balaban J connectivity index is 2.06. The Hall–Kier alpha value is -1.94. The van der Waals surface area contributed by atoms with Gasteiger partial charge in [0, 0.05) is 6.07 Å². The van der Waals surface area contributed by atoms with E-state index in [2.05, 4.69) is 0 Å². The molecule has 0 aliphatic carbocycles. The quantitative estimate of drug-likeness (QED) is 0.925. The summed E-state index contributed by atoms with van der Waals surface area (Å²) in [6.45, 7) is 4.11. The van der Waals surface area contributed by atoms with Gasteiger partial charge in [-0.25, -0.2) is 8.78 Å². The highest BCUT2D eigenvalue weighted by Gasteiger charge is 2.12. The van der Waals surface area contributed by atoms with E-state index in [1.807, 2.05) is 32.0 Å². The number of rotatable bonds is 4. The molecule has 0 saturated carbocycles. The minimum absolute atomic E-state index is 0.00612. The Kier molecular flexibility index (Phi) is 4.35. The summed E-state index contributed by atoms with van der Waals surface area (Å²) in [5, 5.41) is 0. The fraction of sp³-hybridized carbons (Fsp3) is 0.250. The van der Waals surface area contributed by atoms with Crippen molar-refractivity contribution in [3.05, 3.63) is 64.7 Å². The molecule has 2 rings (SSSR count). The van der Waals surface area contributed by atoms with E-state index in [9.17, 15) is 8.78 Å². The number of hydrogen-bond donors (Lipinski definition) is 1. The summed E-state index contributed by atoms with van der Waals surface area (Å²) in [6, 6.07) is 8.80.